The van der Waals surface area contributed by atoms with Gasteiger partial charge in [-0.2, -0.15) is 0 Å². The summed E-state index contributed by atoms with van der Waals surface area (Å²) in [5.41, 5.74) is -0.280. The smallest absolute Gasteiger partial charge is 0.256 e. The number of hydrogen-bond donors (Lipinski definition) is 4. The Morgan fingerprint density at radius 1 is 1.21 bits per heavy atom. The molecular formula is C25H29F3N4O2. The minimum atomic E-state index is -1.28. The van der Waals surface area contributed by atoms with Crippen molar-refractivity contribution in [1.82, 2.24) is 15.5 Å². The van der Waals surface area contributed by atoms with Gasteiger partial charge in [0.15, 0.2) is 11.6 Å². The normalized spacial score (nSPS) is 15.0. The van der Waals surface area contributed by atoms with E-state index < -0.39 is 34.6 Å². The first-order valence-electron chi connectivity index (χ1n) is 11.0. The summed E-state index contributed by atoms with van der Waals surface area (Å²) in [7, 11) is 0. The van der Waals surface area contributed by atoms with Crippen LogP contribution in [0.4, 0.5) is 24.5 Å². The largest absolute Gasteiger partial charge is 0.391 e. The van der Waals surface area contributed by atoms with Gasteiger partial charge in [-0.1, -0.05) is 18.7 Å². The number of aryl methyl sites for hydroxylation is 1. The van der Waals surface area contributed by atoms with Crippen LogP contribution in [0.25, 0.3) is 0 Å². The van der Waals surface area contributed by atoms with Gasteiger partial charge in [0, 0.05) is 25.8 Å². The topological polar surface area (TPSA) is 76.6 Å². The first-order valence-corrected chi connectivity index (χ1v) is 11.0. The first-order chi connectivity index (χ1) is 16.2. The molecule has 1 saturated heterocycles. The molecule has 4 N–H and O–H groups in total. The molecule has 34 heavy (non-hydrogen) atoms. The standard InChI is InChI=1S/C25H29F3N4O2/c1-4-17(11-29-5-2)12-30-13-25(34)14-32(15-25)24(33)18-7-8-19(26)22(28)23(18)31-21-9-6-16(3)10-20(21)27/h4,6-11,29-31,34H,1,5,12-15H2,2-3H3/b17-11-. The molecule has 0 bridgehead atoms. The fourth-order valence-electron chi connectivity index (χ4n) is 3.65. The molecule has 3 rings (SSSR count). The predicted octanol–water partition coefficient (Wildman–Crippen LogP) is 3.61. The highest BCUT2D eigenvalue weighted by atomic mass is 19.2. The molecule has 1 amide bonds. The number of amides is 1. The summed E-state index contributed by atoms with van der Waals surface area (Å²) in [6.07, 6.45) is 3.53. The number of carbonyl (C=O) groups is 1. The fourth-order valence-corrected chi connectivity index (χ4v) is 3.65. The van der Waals surface area contributed by atoms with Gasteiger partial charge in [0.2, 0.25) is 0 Å². The number of likely N-dealkylation sites (tertiary alicyclic amines) is 1. The van der Waals surface area contributed by atoms with E-state index in [4.69, 9.17) is 0 Å². The predicted molar refractivity (Wildman–Crippen MR) is 126 cm³/mol. The maximum Gasteiger partial charge on any atom is 0.256 e. The molecule has 0 aromatic heterocycles. The molecule has 0 spiro atoms. The number of benzene rings is 2. The molecule has 182 valence electrons. The second-order valence-electron chi connectivity index (χ2n) is 8.36. The van der Waals surface area contributed by atoms with Gasteiger partial charge in [0.05, 0.1) is 30.0 Å². The van der Waals surface area contributed by atoms with E-state index in [-0.39, 0.29) is 30.9 Å². The lowest BCUT2D eigenvalue weighted by molar-refractivity contribution is -0.0781. The van der Waals surface area contributed by atoms with Crippen LogP contribution in [0.3, 0.4) is 0 Å². The highest BCUT2D eigenvalue weighted by Gasteiger charge is 2.44. The van der Waals surface area contributed by atoms with Gasteiger partial charge in [0.25, 0.3) is 5.91 Å². The number of nitrogens with one attached hydrogen (secondary N) is 3. The van der Waals surface area contributed by atoms with Crippen molar-refractivity contribution in [2.45, 2.75) is 19.4 Å². The first kappa shape index (κ1) is 25.3. The van der Waals surface area contributed by atoms with Gasteiger partial charge >= 0.3 is 0 Å². The molecule has 0 aliphatic carbocycles. The molecule has 1 heterocycles. The summed E-state index contributed by atoms with van der Waals surface area (Å²) in [4.78, 5) is 14.3. The molecule has 1 aliphatic heterocycles. The van der Waals surface area contributed by atoms with Crippen LogP contribution in [0.2, 0.25) is 0 Å². The van der Waals surface area contributed by atoms with Crippen LogP contribution in [0.15, 0.2) is 54.8 Å². The molecule has 9 heteroatoms. The van der Waals surface area contributed by atoms with Crippen molar-refractivity contribution in [3.63, 3.8) is 0 Å². The quantitative estimate of drug-likeness (QED) is 0.396. The number of carbonyl (C=O) groups excluding carboxylic acids is 1. The third-order valence-electron chi connectivity index (χ3n) is 5.50. The Morgan fingerprint density at radius 2 is 1.94 bits per heavy atom. The molecule has 6 nitrogen and oxygen atoms in total. The van der Waals surface area contributed by atoms with Crippen molar-refractivity contribution < 1.29 is 23.1 Å². The van der Waals surface area contributed by atoms with Crippen LogP contribution in [0, 0.1) is 24.4 Å². The lowest BCUT2D eigenvalue weighted by Gasteiger charge is -2.46. The van der Waals surface area contributed by atoms with Crippen LogP contribution in [-0.2, 0) is 0 Å². The number of aliphatic hydroxyl groups is 1. The minimum absolute atomic E-state index is 0.0104. The maximum atomic E-state index is 14.6. The molecular weight excluding hydrogens is 445 g/mol. The van der Waals surface area contributed by atoms with Gasteiger partial charge in [-0.25, -0.2) is 13.2 Å². The second-order valence-corrected chi connectivity index (χ2v) is 8.36. The number of anilines is 2. The Morgan fingerprint density at radius 3 is 2.59 bits per heavy atom. The number of halogens is 3. The van der Waals surface area contributed by atoms with Gasteiger partial charge in [-0.05, 0) is 49.2 Å². The van der Waals surface area contributed by atoms with Gasteiger partial charge in [-0.15, -0.1) is 0 Å². The Bertz CT molecular complexity index is 1100. The molecule has 2 aromatic carbocycles. The van der Waals surface area contributed by atoms with E-state index >= 15 is 0 Å². The molecule has 2 aromatic rings. The summed E-state index contributed by atoms with van der Waals surface area (Å²) >= 11 is 0. The maximum absolute atomic E-state index is 14.6. The molecule has 0 radical (unpaired) electrons. The van der Waals surface area contributed by atoms with E-state index in [0.29, 0.717) is 12.1 Å². The third kappa shape index (κ3) is 5.78. The zero-order valence-corrected chi connectivity index (χ0v) is 19.2. The SMILES string of the molecule is C=C/C(=C/NCC)CNCC1(O)CN(C(=O)c2ccc(F)c(F)c2Nc2ccc(C)cc2F)C1. The number of nitrogens with zero attached hydrogens (tertiary/aromatic N) is 1. The highest BCUT2D eigenvalue weighted by Crippen LogP contribution is 2.31. The van der Waals surface area contributed by atoms with Crippen LogP contribution < -0.4 is 16.0 Å². The second kappa shape index (κ2) is 10.8. The summed E-state index contributed by atoms with van der Waals surface area (Å²) < 4.78 is 42.8. The third-order valence-corrected chi connectivity index (χ3v) is 5.50. The monoisotopic (exact) mass is 474 g/mol. The molecule has 1 aliphatic rings. The fraction of sp³-hybridized carbons (Fsp3) is 0.320. The summed E-state index contributed by atoms with van der Waals surface area (Å²) in [5.74, 6) is -3.71. The molecule has 0 saturated carbocycles. The van der Waals surface area contributed by atoms with E-state index in [2.05, 4.69) is 22.5 Å². The summed E-state index contributed by atoms with van der Waals surface area (Å²) in [5, 5.41) is 19.4. The molecule has 1 fully saturated rings. The molecule has 0 unspecified atom stereocenters. The Balaban J connectivity index is 1.69. The van der Waals surface area contributed by atoms with E-state index in [1.54, 1.807) is 19.1 Å². The Labute approximate surface area is 197 Å². The van der Waals surface area contributed by atoms with Crippen molar-refractivity contribution in [2.75, 3.05) is 38.0 Å². The van der Waals surface area contributed by atoms with Crippen molar-refractivity contribution in [3.8, 4) is 0 Å². The Kier molecular flexibility index (Phi) is 8.01. The zero-order valence-electron chi connectivity index (χ0n) is 19.2. The van der Waals surface area contributed by atoms with Crippen molar-refractivity contribution in [2.24, 2.45) is 0 Å². The van der Waals surface area contributed by atoms with Crippen molar-refractivity contribution in [3.05, 3.63) is 83.3 Å². The summed E-state index contributed by atoms with van der Waals surface area (Å²) in [6.45, 7) is 8.91. The Hall–Kier alpha value is -3.30. The van der Waals surface area contributed by atoms with Crippen LogP contribution in [0.1, 0.15) is 22.8 Å². The van der Waals surface area contributed by atoms with Crippen LogP contribution >= 0.6 is 0 Å². The van der Waals surface area contributed by atoms with E-state index in [9.17, 15) is 23.1 Å². The van der Waals surface area contributed by atoms with Crippen LogP contribution in [-0.4, -0.2) is 54.2 Å². The lowest BCUT2D eigenvalue weighted by atomic mass is 9.92. The van der Waals surface area contributed by atoms with Crippen molar-refractivity contribution >= 4 is 17.3 Å². The molecule has 0 atom stereocenters. The van der Waals surface area contributed by atoms with Crippen molar-refractivity contribution in [1.29, 1.82) is 0 Å². The van der Waals surface area contributed by atoms with Gasteiger partial charge in [-0.3, -0.25) is 4.79 Å². The van der Waals surface area contributed by atoms with Gasteiger partial charge < -0.3 is 26.0 Å². The van der Waals surface area contributed by atoms with E-state index in [1.165, 1.54) is 17.0 Å². The lowest BCUT2D eigenvalue weighted by Crippen LogP contribution is -2.67. The number of rotatable bonds is 10. The average molecular weight is 475 g/mol. The summed E-state index contributed by atoms with van der Waals surface area (Å²) in [6, 6.07) is 6.24. The number of hydrogen-bond acceptors (Lipinski definition) is 5. The highest BCUT2D eigenvalue weighted by molar-refractivity contribution is 6.01. The van der Waals surface area contributed by atoms with E-state index in [0.717, 1.165) is 24.3 Å². The van der Waals surface area contributed by atoms with Crippen LogP contribution in [0.5, 0.6) is 0 Å². The van der Waals surface area contributed by atoms with Gasteiger partial charge in [0.1, 0.15) is 11.4 Å². The van der Waals surface area contributed by atoms with E-state index in [1.807, 2.05) is 13.1 Å². The average Bonchev–Trinajstić information content (AvgIpc) is 2.78. The number of β-amino-alcohol motifs (C(OH)–C–C–N with tert-alkyl or cyclic N) is 1. The minimum Gasteiger partial charge on any atom is -0.391 e. The zero-order chi connectivity index (χ0) is 24.9.